The molecular formula is C17H13ClF2O3. The summed E-state index contributed by atoms with van der Waals surface area (Å²) in [7, 11) is 0. The average Bonchev–Trinajstić information content (AvgIpc) is 2.50. The van der Waals surface area contributed by atoms with Crippen LogP contribution in [0.5, 0.6) is 11.5 Å². The first kappa shape index (κ1) is 17.0. The third-order valence-electron chi connectivity index (χ3n) is 2.97. The van der Waals surface area contributed by atoms with Gasteiger partial charge in [0, 0.05) is 6.07 Å². The van der Waals surface area contributed by atoms with Crippen LogP contribution < -0.4 is 4.74 Å². The fourth-order valence-electron chi connectivity index (χ4n) is 1.91. The molecule has 2 rings (SSSR count). The van der Waals surface area contributed by atoms with Crippen molar-refractivity contribution in [2.24, 2.45) is 0 Å². The summed E-state index contributed by atoms with van der Waals surface area (Å²) in [6.07, 6.45) is 2.54. The molecule has 0 unspecified atom stereocenters. The smallest absolute Gasteiger partial charge is 0.188 e. The van der Waals surface area contributed by atoms with Crippen LogP contribution in [0.15, 0.2) is 36.4 Å². The topological polar surface area (TPSA) is 46.5 Å². The van der Waals surface area contributed by atoms with Gasteiger partial charge in [-0.2, -0.15) is 0 Å². The normalized spacial score (nSPS) is 11.0. The molecule has 0 atom stereocenters. The van der Waals surface area contributed by atoms with Gasteiger partial charge in [-0.3, -0.25) is 4.79 Å². The monoisotopic (exact) mass is 338 g/mol. The van der Waals surface area contributed by atoms with Crippen LogP contribution in [0, 0.1) is 11.6 Å². The Hall–Kier alpha value is -2.40. The second kappa shape index (κ2) is 7.24. The summed E-state index contributed by atoms with van der Waals surface area (Å²) < 4.78 is 31.6. The van der Waals surface area contributed by atoms with E-state index in [1.807, 2.05) is 0 Å². The van der Waals surface area contributed by atoms with Gasteiger partial charge in [0.1, 0.15) is 11.6 Å². The van der Waals surface area contributed by atoms with Crippen molar-refractivity contribution in [2.75, 3.05) is 6.61 Å². The molecule has 0 fully saturated rings. The molecule has 0 aromatic heterocycles. The van der Waals surface area contributed by atoms with Crippen molar-refractivity contribution in [2.45, 2.75) is 6.92 Å². The Morgan fingerprint density at radius 2 is 2.04 bits per heavy atom. The van der Waals surface area contributed by atoms with Crippen LogP contribution in [-0.4, -0.2) is 17.5 Å². The highest BCUT2D eigenvalue weighted by Gasteiger charge is 2.11. The van der Waals surface area contributed by atoms with Gasteiger partial charge in [-0.15, -0.1) is 0 Å². The highest BCUT2D eigenvalue weighted by atomic mass is 35.5. The molecule has 0 saturated heterocycles. The van der Waals surface area contributed by atoms with E-state index in [9.17, 15) is 18.7 Å². The fraction of sp³-hybridized carbons (Fsp3) is 0.118. The molecule has 0 amide bonds. The minimum Gasteiger partial charge on any atom is -0.503 e. The zero-order chi connectivity index (χ0) is 17.0. The van der Waals surface area contributed by atoms with Crippen molar-refractivity contribution >= 4 is 23.5 Å². The number of aromatic hydroxyl groups is 1. The van der Waals surface area contributed by atoms with E-state index in [1.165, 1.54) is 18.2 Å². The summed E-state index contributed by atoms with van der Waals surface area (Å²) in [5.41, 5.74) is 0.254. The molecule has 23 heavy (non-hydrogen) atoms. The Bertz CT molecular complexity index is 773. The molecule has 0 aliphatic carbocycles. The van der Waals surface area contributed by atoms with Crippen molar-refractivity contribution < 1.29 is 23.4 Å². The highest BCUT2D eigenvalue weighted by Crippen LogP contribution is 2.35. The first-order chi connectivity index (χ1) is 10.9. The van der Waals surface area contributed by atoms with E-state index >= 15 is 0 Å². The number of hydrogen-bond acceptors (Lipinski definition) is 3. The Balaban J connectivity index is 2.27. The van der Waals surface area contributed by atoms with Gasteiger partial charge in [-0.1, -0.05) is 17.7 Å². The second-order valence-electron chi connectivity index (χ2n) is 4.60. The Labute approximate surface area is 136 Å². The SMILES string of the molecule is CCOc1cc(/C=C/C(=O)c2ccc(F)cc2F)cc(Cl)c1O. The van der Waals surface area contributed by atoms with E-state index < -0.39 is 17.4 Å². The maximum absolute atomic E-state index is 13.5. The number of halogens is 3. The highest BCUT2D eigenvalue weighted by molar-refractivity contribution is 6.32. The number of phenols is 1. The standard InChI is InChI=1S/C17H13ClF2O3/c1-2-23-16-8-10(7-13(18)17(16)22)3-6-15(21)12-5-4-11(19)9-14(12)20/h3-9,22H,2H2,1H3/b6-3+. The van der Waals surface area contributed by atoms with Crippen LogP contribution in [0.1, 0.15) is 22.8 Å². The number of ketones is 1. The quantitative estimate of drug-likeness (QED) is 0.639. The molecule has 1 N–H and O–H groups in total. The number of ether oxygens (including phenoxy) is 1. The van der Waals surface area contributed by atoms with E-state index in [1.54, 1.807) is 6.92 Å². The van der Waals surface area contributed by atoms with E-state index in [4.69, 9.17) is 16.3 Å². The molecule has 0 saturated carbocycles. The molecule has 3 nitrogen and oxygen atoms in total. The minimum atomic E-state index is -0.932. The van der Waals surface area contributed by atoms with Crippen LogP contribution in [0.25, 0.3) is 6.08 Å². The largest absolute Gasteiger partial charge is 0.503 e. The third-order valence-corrected chi connectivity index (χ3v) is 3.26. The molecule has 0 spiro atoms. The van der Waals surface area contributed by atoms with Gasteiger partial charge >= 0.3 is 0 Å². The average molecular weight is 339 g/mol. The van der Waals surface area contributed by atoms with E-state index in [0.29, 0.717) is 18.2 Å². The summed E-state index contributed by atoms with van der Waals surface area (Å²) >= 11 is 5.88. The van der Waals surface area contributed by atoms with Gasteiger partial charge in [0.25, 0.3) is 0 Å². The number of phenolic OH excluding ortho intramolecular Hbond substituents is 1. The fourth-order valence-corrected chi connectivity index (χ4v) is 2.13. The zero-order valence-corrected chi connectivity index (χ0v) is 12.9. The summed E-state index contributed by atoms with van der Waals surface area (Å²) in [4.78, 5) is 11.9. The predicted molar refractivity (Wildman–Crippen MR) is 84.0 cm³/mol. The van der Waals surface area contributed by atoms with Gasteiger partial charge in [0.15, 0.2) is 17.3 Å². The lowest BCUT2D eigenvalue weighted by Crippen LogP contribution is -1.99. The second-order valence-corrected chi connectivity index (χ2v) is 5.01. The van der Waals surface area contributed by atoms with Crippen molar-refractivity contribution in [3.05, 3.63) is 64.2 Å². The van der Waals surface area contributed by atoms with Crippen molar-refractivity contribution in [3.8, 4) is 11.5 Å². The molecule has 0 radical (unpaired) electrons. The molecule has 6 heteroatoms. The lowest BCUT2D eigenvalue weighted by atomic mass is 10.1. The summed E-state index contributed by atoms with van der Waals surface area (Å²) in [6.45, 7) is 2.08. The number of hydrogen-bond donors (Lipinski definition) is 1. The van der Waals surface area contributed by atoms with Crippen molar-refractivity contribution in [3.63, 3.8) is 0 Å². The van der Waals surface area contributed by atoms with Crippen LogP contribution in [0.3, 0.4) is 0 Å². The van der Waals surface area contributed by atoms with Crippen LogP contribution in [0.2, 0.25) is 5.02 Å². The lowest BCUT2D eigenvalue weighted by molar-refractivity contribution is 0.104. The molecule has 0 aliphatic heterocycles. The molecule has 0 bridgehead atoms. The molecular weight excluding hydrogens is 326 g/mol. The van der Waals surface area contributed by atoms with Gasteiger partial charge in [-0.05, 0) is 42.8 Å². The van der Waals surface area contributed by atoms with Crippen LogP contribution in [-0.2, 0) is 0 Å². The Morgan fingerprint density at radius 1 is 1.30 bits per heavy atom. The summed E-state index contributed by atoms with van der Waals surface area (Å²) in [5, 5.41) is 9.80. The van der Waals surface area contributed by atoms with Gasteiger partial charge < -0.3 is 9.84 Å². The van der Waals surface area contributed by atoms with E-state index in [2.05, 4.69) is 0 Å². The van der Waals surface area contributed by atoms with Gasteiger partial charge in [-0.25, -0.2) is 8.78 Å². The molecule has 120 valence electrons. The zero-order valence-electron chi connectivity index (χ0n) is 12.1. The number of rotatable bonds is 5. The Kier molecular flexibility index (Phi) is 5.34. The minimum absolute atomic E-state index is 0.0658. The first-order valence-electron chi connectivity index (χ1n) is 6.75. The maximum atomic E-state index is 13.5. The van der Waals surface area contributed by atoms with E-state index in [-0.39, 0.29) is 22.1 Å². The molecule has 2 aromatic carbocycles. The molecule has 2 aromatic rings. The van der Waals surface area contributed by atoms with Crippen molar-refractivity contribution in [1.29, 1.82) is 0 Å². The Morgan fingerprint density at radius 3 is 2.70 bits per heavy atom. The first-order valence-corrected chi connectivity index (χ1v) is 7.13. The summed E-state index contributed by atoms with van der Waals surface area (Å²) in [6, 6.07) is 5.66. The summed E-state index contributed by atoms with van der Waals surface area (Å²) in [5.74, 6) is -2.32. The van der Waals surface area contributed by atoms with Crippen LogP contribution in [0.4, 0.5) is 8.78 Å². The third kappa shape index (κ3) is 4.07. The van der Waals surface area contributed by atoms with Gasteiger partial charge in [0.2, 0.25) is 0 Å². The van der Waals surface area contributed by atoms with Crippen LogP contribution >= 0.6 is 11.6 Å². The lowest BCUT2D eigenvalue weighted by Gasteiger charge is -2.08. The number of carbonyl (C=O) groups excluding carboxylic acids is 1. The predicted octanol–water partition coefficient (Wildman–Crippen LogP) is 4.62. The van der Waals surface area contributed by atoms with Gasteiger partial charge in [0.05, 0.1) is 17.2 Å². The van der Waals surface area contributed by atoms with E-state index in [0.717, 1.165) is 18.2 Å². The maximum Gasteiger partial charge on any atom is 0.188 e. The van der Waals surface area contributed by atoms with Crippen molar-refractivity contribution in [1.82, 2.24) is 0 Å². The molecule has 0 heterocycles. The number of carbonyl (C=O) groups is 1. The molecule has 0 aliphatic rings. The number of benzene rings is 2. The number of allylic oxidation sites excluding steroid dienone is 1.